The minimum atomic E-state index is 0.343. The lowest BCUT2D eigenvalue weighted by Crippen LogP contribution is -2.53. The molecular formula is C17H30N4. The number of nitrogens with one attached hydrogen (secondary N) is 1. The summed E-state index contributed by atoms with van der Waals surface area (Å²) in [4.78, 5) is 7.15. The lowest BCUT2D eigenvalue weighted by Gasteiger charge is -2.47. The van der Waals surface area contributed by atoms with Crippen molar-refractivity contribution in [3.05, 3.63) is 11.9 Å². The molecule has 0 unspecified atom stereocenters. The first-order valence-electron chi connectivity index (χ1n) is 8.57. The van der Waals surface area contributed by atoms with Gasteiger partial charge in [0.2, 0.25) is 5.95 Å². The second-order valence-corrected chi connectivity index (χ2v) is 7.29. The van der Waals surface area contributed by atoms with E-state index in [0.717, 1.165) is 18.2 Å². The largest absolute Gasteiger partial charge is 0.353 e. The Hall–Kier alpha value is -1.03. The van der Waals surface area contributed by atoms with Gasteiger partial charge in [-0.2, -0.15) is 0 Å². The van der Waals surface area contributed by atoms with E-state index in [2.05, 4.69) is 42.0 Å². The number of anilines is 1. The normalized spacial score (nSPS) is 22.3. The van der Waals surface area contributed by atoms with Gasteiger partial charge in [-0.25, -0.2) is 4.98 Å². The van der Waals surface area contributed by atoms with Crippen LogP contribution in [0, 0.1) is 6.92 Å². The van der Waals surface area contributed by atoms with E-state index in [4.69, 9.17) is 4.98 Å². The lowest BCUT2D eigenvalue weighted by molar-refractivity contribution is 0.0429. The third kappa shape index (κ3) is 3.10. The van der Waals surface area contributed by atoms with Gasteiger partial charge in [0.25, 0.3) is 0 Å². The standard InChI is InChI=1S/C17H30N4/c1-14-12-21(13-17(20(2)3)10-7-11-17)16(18-14)19-15-8-5-4-6-9-15/h12,15H,4-11,13H2,1-3H3,(H,18,19). The van der Waals surface area contributed by atoms with Crippen molar-refractivity contribution in [2.24, 2.45) is 0 Å². The van der Waals surface area contributed by atoms with E-state index in [1.54, 1.807) is 0 Å². The monoisotopic (exact) mass is 290 g/mol. The summed E-state index contributed by atoms with van der Waals surface area (Å²) in [6, 6.07) is 0.621. The number of likely N-dealkylation sites (N-methyl/N-ethyl adjacent to an activating group) is 1. The summed E-state index contributed by atoms with van der Waals surface area (Å²) in [5.74, 6) is 1.09. The first-order chi connectivity index (χ1) is 10.1. The van der Waals surface area contributed by atoms with E-state index in [-0.39, 0.29) is 0 Å². The molecule has 0 spiro atoms. The molecule has 21 heavy (non-hydrogen) atoms. The lowest BCUT2D eigenvalue weighted by atomic mass is 9.75. The van der Waals surface area contributed by atoms with Crippen molar-refractivity contribution in [3.63, 3.8) is 0 Å². The average Bonchev–Trinajstić information content (AvgIpc) is 2.74. The maximum atomic E-state index is 4.74. The van der Waals surface area contributed by atoms with E-state index in [0.29, 0.717) is 11.6 Å². The smallest absolute Gasteiger partial charge is 0.203 e. The maximum Gasteiger partial charge on any atom is 0.203 e. The topological polar surface area (TPSA) is 33.1 Å². The first-order valence-corrected chi connectivity index (χ1v) is 8.57. The molecule has 2 saturated carbocycles. The fourth-order valence-electron chi connectivity index (χ4n) is 3.86. The average molecular weight is 290 g/mol. The van der Waals surface area contributed by atoms with Crippen LogP contribution in [0.25, 0.3) is 0 Å². The summed E-state index contributed by atoms with van der Waals surface area (Å²) >= 11 is 0. The molecule has 1 aromatic heterocycles. The number of hydrogen-bond donors (Lipinski definition) is 1. The minimum Gasteiger partial charge on any atom is -0.353 e. The maximum absolute atomic E-state index is 4.74. The van der Waals surface area contributed by atoms with Gasteiger partial charge in [0.1, 0.15) is 0 Å². The Kier molecular flexibility index (Phi) is 4.25. The highest BCUT2D eigenvalue weighted by molar-refractivity contribution is 5.31. The molecule has 2 aliphatic rings. The van der Waals surface area contributed by atoms with Crippen LogP contribution in [0.2, 0.25) is 0 Å². The molecular weight excluding hydrogens is 260 g/mol. The van der Waals surface area contributed by atoms with Crippen LogP contribution in [0.15, 0.2) is 6.20 Å². The Labute approximate surface area is 128 Å². The summed E-state index contributed by atoms with van der Waals surface area (Å²) in [5.41, 5.74) is 1.47. The summed E-state index contributed by atoms with van der Waals surface area (Å²) in [6.45, 7) is 3.17. The van der Waals surface area contributed by atoms with E-state index < -0.39 is 0 Å². The molecule has 1 aromatic rings. The third-order valence-electron chi connectivity index (χ3n) is 5.53. The van der Waals surface area contributed by atoms with Gasteiger partial charge in [0.15, 0.2) is 0 Å². The Morgan fingerprint density at radius 3 is 2.52 bits per heavy atom. The van der Waals surface area contributed by atoms with Crippen molar-refractivity contribution in [3.8, 4) is 0 Å². The molecule has 0 aliphatic heterocycles. The van der Waals surface area contributed by atoms with E-state index in [1.807, 2.05) is 0 Å². The molecule has 0 saturated heterocycles. The third-order valence-corrected chi connectivity index (χ3v) is 5.53. The van der Waals surface area contributed by atoms with Crippen molar-refractivity contribution < 1.29 is 0 Å². The number of imidazole rings is 1. The predicted octanol–water partition coefficient (Wildman–Crippen LogP) is 3.42. The van der Waals surface area contributed by atoms with Crippen LogP contribution in [0.1, 0.15) is 57.1 Å². The van der Waals surface area contributed by atoms with E-state index in [9.17, 15) is 0 Å². The summed E-state index contributed by atoms with van der Waals surface area (Å²) in [7, 11) is 4.44. The van der Waals surface area contributed by atoms with Crippen LogP contribution in [0.5, 0.6) is 0 Å². The van der Waals surface area contributed by atoms with E-state index in [1.165, 1.54) is 51.4 Å². The summed E-state index contributed by atoms with van der Waals surface area (Å²) in [5, 5.41) is 3.71. The van der Waals surface area contributed by atoms with Gasteiger partial charge in [-0.1, -0.05) is 19.3 Å². The highest BCUT2D eigenvalue weighted by Crippen LogP contribution is 2.38. The van der Waals surface area contributed by atoms with Gasteiger partial charge in [0, 0.05) is 24.3 Å². The molecule has 0 atom stereocenters. The molecule has 0 amide bonds. The molecule has 0 radical (unpaired) electrons. The molecule has 0 bridgehead atoms. The van der Waals surface area contributed by atoms with Gasteiger partial charge in [-0.15, -0.1) is 0 Å². The van der Waals surface area contributed by atoms with Crippen molar-refractivity contribution in [1.29, 1.82) is 0 Å². The molecule has 2 fully saturated rings. The number of aryl methyl sites for hydroxylation is 1. The van der Waals surface area contributed by atoms with Crippen LogP contribution < -0.4 is 5.32 Å². The van der Waals surface area contributed by atoms with Gasteiger partial charge in [-0.05, 0) is 53.1 Å². The number of rotatable bonds is 5. The first kappa shape index (κ1) is 14.9. The fourth-order valence-corrected chi connectivity index (χ4v) is 3.86. The van der Waals surface area contributed by atoms with Crippen LogP contribution >= 0.6 is 0 Å². The highest BCUT2D eigenvalue weighted by Gasteiger charge is 2.39. The molecule has 1 heterocycles. The van der Waals surface area contributed by atoms with Crippen molar-refractivity contribution in [1.82, 2.24) is 14.5 Å². The second kappa shape index (κ2) is 5.99. The zero-order valence-corrected chi connectivity index (χ0v) is 13.9. The Morgan fingerprint density at radius 1 is 1.24 bits per heavy atom. The van der Waals surface area contributed by atoms with E-state index >= 15 is 0 Å². The number of nitrogens with zero attached hydrogens (tertiary/aromatic N) is 3. The number of hydrogen-bond acceptors (Lipinski definition) is 3. The van der Waals surface area contributed by atoms with Crippen LogP contribution in [-0.4, -0.2) is 40.1 Å². The molecule has 2 aliphatic carbocycles. The Balaban J connectivity index is 1.72. The summed E-state index contributed by atoms with van der Waals surface area (Å²) < 4.78 is 2.36. The Morgan fingerprint density at radius 2 is 1.95 bits per heavy atom. The molecule has 1 N–H and O–H groups in total. The minimum absolute atomic E-state index is 0.343. The van der Waals surface area contributed by atoms with Crippen LogP contribution in [0.3, 0.4) is 0 Å². The molecule has 4 heteroatoms. The molecule has 4 nitrogen and oxygen atoms in total. The SMILES string of the molecule is Cc1cn(CC2(N(C)C)CCC2)c(NC2CCCCC2)n1. The van der Waals surface area contributed by atoms with Crippen molar-refractivity contribution >= 4 is 5.95 Å². The fraction of sp³-hybridized carbons (Fsp3) is 0.824. The Bertz CT molecular complexity index is 467. The molecule has 118 valence electrons. The zero-order chi connectivity index (χ0) is 14.9. The second-order valence-electron chi connectivity index (χ2n) is 7.29. The van der Waals surface area contributed by atoms with Crippen LogP contribution in [-0.2, 0) is 6.54 Å². The van der Waals surface area contributed by atoms with Gasteiger partial charge < -0.3 is 14.8 Å². The van der Waals surface area contributed by atoms with Crippen molar-refractivity contribution in [2.75, 3.05) is 19.4 Å². The van der Waals surface area contributed by atoms with Gasteiger partial charge in [0.05, 0.1) is 5.69 Å². The zero-order valence-electron chi connectivity index (χ0n) is 13.9. The van der Waals surface area contributed by atoms with Gasteiger partial charge >= 0.3 is 0 Å². The summed E-state index contributed by atoms with van der Waals surface area (Å²) in [6.07, 6.45) is 12.9. The predicted molar refractivity (Wildman–Crippen MR) is 87.7 cm³/mol. The van der Waals surface area contributed by atoms with Crippen LogP contribution in [0.4, 0.5) is 5.95 Å². The quantitative estimate of drug-likeness (QED) is 0.902. The molecule has 3 rings (SSSR count). The van der Waals surface area contributed by atoms with Gasteiger partial charge in [-0.3, -0.25) is 0 Å². The highest BCUT2D eigenvalue weighted by atomic mass is 15.3. The van der Waals surface area contributed by atoms with Crippen molar-refractivity contribution in [2.45, 2.75) is 76.4 Å². The number of aromatic nitrogens is 2. The molecule has 0 aromatic carbocycles.